The molecule has 1 rings (SSSR count). The summed E-state index contributed by atoms with van der Waals surface area (Å²) in [5, 5.41) is 3.21. The lowest BCUT2D eigenvalue weighted by Crippen LogP contribution is -2.07. The minimum Gasteiger partial charge on any atom is -0.320 e. The van der Waals surface area contributed by atoms with E-state index < -0.39 is 0 Å². The van der Waals surface area contributed by atoms with Gasteiger partial charge >= 0.3 is 0 Å². The van der Waals surface area contributed by atoms with Crippen molar-refractivity contribution in [3.63, 3.8) is 0 Å². The van der Waals surface area contributed by atoms with Gasteiger partial charge in [0.15, 0.2) is 0 Å². The highest BCUT2D eigenvalue weighted by Gasteiger charge is 2.38. The van der Waals surface area contributed by atoms with Gasteiger partial charge in [0.25, 0.3) is 0 Å². The molecule has 84 valence electrons. The van der Waals surface area contributed by atoms with E-state index in [-0.39, 0.29) is 0 Å². The molecule has 1 fully saturated rings. The van der Waals surface area contributed by atoms with E-state index in [0.29, 0.717) is 0 Å². The largest absolute Gasteiger partial charge is 0.320 e. The summed E-state index contributed by atoms with van der Waals surface area (Å²) < 4.78 is 0. The van der Waals surface area contributed by atoms with Gasteiger partial charge in [-0.25, -0.2) is 0 Å². The first-order chi connectivity index (χ1) is 6.79. The summed E-state index contributed by atoms with van der Waals surface area (Å²) in [5.74, 6) is 3.17. The second-order valence-corrected chi connectivity index (χ2v) is 5.00. The van der Waals surface area contributed by atoms with Crippen LogP contribution >= 0.6 is 0 Å². The van der Waals surface area contributed by atoms with Crippen LogP contribution in [0.5, 0.6) is 0 Å². The highest BCUT2D eigenvalue weighted by atomic mass is 14.8. The van der Waals surface area contributed by atoms with Crippen LogP contribution in [0.25, 0.3) is 0 Å². The summed E-state index contributed by atoms with van der Waals surface area (Å²) >= 11 is 0. The number of nitrogens with one attached hydrogen (secondary N) is 1. The van der Waals surface area contributed by atoms with Gasteiger partial charge < -0.3 is 5.32 Å². The fraction of sp³-hybridized carbons (Fsp3) is 1.00. The van der Waals surface area contributed by atoms with E-state index in [4.69, 9.17) is 0 Å². The van der Waals surface area contributed by atoms with E-state index in [2.05, 4.69) is 19.2 Å². The Morgan fingerprint density at radius 3 is 2.71 bits per heavy atom. The molecule has 1 saturated carbocycles. The van der Waals surface area contributed by atoms with Crippen molar-refractivity contribution in [2.24, 2.45) is 17.8 Å². The Labute approximate surface area is 89.7 Å². The van der Waals surface area contributed by atoms with E-state index >= 15 is 0 Å². The third kappa shape index (κ3) is 4.00. The fourth-order valence-electron chi connectivity index (χ4n) is 2.49. The molecule has 1 N–H and O–H groups in total. The number of unbranched alkanes of at least 4 members (excludes halogenated alkanes) is 2. The topological polar surface area (TPSA) is 12.0 Å². The molecule has 0 aromatic heterocycles. The van der Waals surface area contributed by atoms with Crippen LogP contribution in [-0.2, 0) is 0 Å². The lowest BCUT2D eigenvalue weighted by molar-refractivity contribution is 0.443. The number of hydrogen-bond donors (Lipinski definition) is 1. The fourth-order valence-corrected chi connectivity index (χ4v) is 2.49. The van der Waals surface area contributed by atoms with Gasteiger partial charge in [-0.05, 0) is 44.2 Å². The van der Waals surface area contributed by atoms with Crippen LogP contribution in [0.2, 0.25) is 0 Å². The Hall–Kier alpha value is -0.0400. The molecule has 14 heavy (non-hydrogen) atoms. The van der Waals surface area contributed by atoms with Gasteiger partial charge in [-0.2, -0.15) is 0 Å². The van der Waals surface area contributed by atoms with E-state index in [1.54, 1.807) is 0 Å². The average molecular weight is 197 g/mol. The molecule has 0 saturated heterocycles. The van der Waals surface area contributed by atoms with Crippen LogP contribution < -0.4 is 5.32 Å². The lowest BCUT2D eigenvalue weighted by Gasteiger charge is -2.06. The summed E-state index contributed by atoms with van der Waals surface area (Å²) in [6.45, 7) is 5.94. The van der Waals surface area contributed by atoms with E-state index in [1.165, 1.54) is 45.1 Å². The number of hydrogen-bond acceptors (Lipinski definition) is 1. The summed E-state index contributed by atoms with van der Waals surface area (Å²) in [6.07, 6.45) is 8.64. The quantitative estimate of drug-likeness (QED) is 0.588. The first kappa shape index (κ1) is 12.0. The zero-order valence-electron chi connectivity index (χ0n) is 10.2. The maximum atomic E-state index is 3.21. The molecule has 3 unspecified atom stereocenters. The maximum Gasteiger partial charge on any atom is -0.00519 e. The number of rotatable bonds is 8. The van der Waals surface area contributed by atoms with Crippen LogP contribution in [0.3, 0.4) is 0 Å². The van der Waals surface area contributed by atoms with E-state index in [0.717, 1.165) is 17.8 Å². The molecular weight excluding hydrogens is 170 g/mol. The summed E-state index contributed by atoms with van der Waals surface area (Å²) in [5.41, 5.74) is 0. The van der Waals surface area contributed by atoms with Gasteiger partial charge in [0.1, 0.15) is 0 Å². The summed E-state index contributed by atoms with van der Waals surface area (Å²) in [7, 11) is 2.04. The van der Waals surface area contributed by atoms with E-state index in [9.17, 15) is 0 Å². The zero-order valence-corrected chi connectivity index (χ0v) is 10.2. The molecule has 0 aromatic carbocycles. The highest BCUT2D eigenvalue weighted by molar-refractivity contribution is 4.88. The normalized spacial score (nSPS) is 27.6. The van der Waals surface area contributed by atoms with Crippen molar-refractivity contribution >= 4 is 0 Å². The third-order valence-electron chi connectivity index (χ3n) is 3.85. The van der Waals surface area contributed by atoms with Crippen LogP contribution in [0, 0.1) is 17.8 Å². The minimum absolute atomic E-state index is 0.984. The van der Waals surface area contributed by atoms with Gasteiger partial charge in [-0.15, -0.1) is 0 Å². The average Bonchev–Trinajstić information content (AvgIpc) is 2.96. The van der Waals surface area contributed by atoms with Crippen LogP contribution in [0.15, 0.2) is 0 Å². The smallest absolute Gasteiger partial charge is 0.00519 e. The summed E-state index contributed by atoms with van der Waals surface area (Å²) in [6, 6.07) is 0. The molecule has 0 aromatic rings. The predicted molar refractivity (Wildman–Crippen MR) is 63.4 cm³/mol. The molecule has 0 heterocycles. The van der Waals surface area contributed by atoms with Crippen molar-refractivity contribution in [3.05, 3.63) is 0 Å². The molecule has 0 bridgehead atoms. The molecule has 0 spiro atoms. The van der Waals surface area contributed by atoms with Gasteiger partial charge in [-0.1, -0.05) is 39.5 Å². The summed E-state index contributed by atoms with van der Waals surface area (Å²) in [4.78, 5) is 0. The molecule has 0 radical (unpaired) electrons. The molecule has 1 aliphatic carbocycles. The SMILES string of the molecule is CCC(C)C1CC1CCCCCNC. The molecule has 1 nitrogen and oxygen atoms in total. The predicted octanol–water partition coefficient (Wildman–Crippen LogP) is 3.45. The Balaban J connectivity index is 1.90. The van der Waals surface area contributed by atoms with Gasteiger partial charge in [0.2, 0.25) is 0 Å². The molecule has 0 aliphatic heterocycles. The van der Waals surface area contributed by atoms with Crippen molar-refractivity contribution < 1.29 is 0 Å². The Morgan fingerprint density at radius 1 is 1.29 bits per heavy atom. The van der Waals surface area contributed by atoms with Crippen molar-refractivity contribution in [2.75, 3.05) is 13.6 Å². The second-order valence-electron chi connectivity index (χ2n) is 5.00. The Kier molecular flexibility index (Phi) is 5.54. The van der Waals surface area contributed by atoms with Crippen molar-refractivity contribution in [1.82, 2.24) is 5.32 Å². The molecule has 1 aliphatic rings. The third-order valence-corrected chi connectivity index (χ3v) is 3.85. The van der Waals surface area contributed by atoms with Crippen molar-refractivity contribution in [2.45, 2.75) is 52.4 Å². The monoisotopic (exact) mass is 197 g/mol. The van der Waals surface area contributed by atoms with Crippen molar-refractivity contribution in [1.29, 1.82) is 0 Å². The molecule has 0 amide bonds. The van der Waals surface area contributed by atoms with E-state index in [1.807, 2.05) is 7.05 Å². The van der Waals surface area contributed by atoms with Crippen LogP contribution in [0.1, 0.15) is 52.4 Å². The van der Waals surface area contributed by atoms with Crippen molar-refractivity contribution in [3.8, 4) is 0 Å². The first-order valence-electron chi connectivity index (χ1n) is 6.44. The molecule has 3 atom stereocenters. The Morgan fingerprint density at radius 2 is 2.07 bits per heavy atom. The van der Waals surface area contributed by atoms with Crippen LogP contribution in [-0.4, -0.2) is 13.6 Å². The Bertz CT molecular complexity index is 144. The van der Waals surface area contributed by atoms with Gasteiger partial charge in [-0.3, -0.25) is 0 Å². The van der Waals surface area contributed by atoms with Gasteiger partial charge in [0, 0.05) is 0 Å². The minimum atomic E-state index is 0.984. The first-order valence-corrected chi connectivity index (χ1v) is 6.44. The molecule has 1 heteroatoms. The maximum absolute atomic E-state index is 3.21. The molecular formula is C13H27N. The lowest BCUT2D eigenvalue weighted by atomic mass is 10.00. The zero-order chi connectivity index (χ0) is 10.4. The highest BCUT2D eigenvalue weighted by Crippen LogP contribution is 2.48. The van der Waals surface area contributed by atoms with Gasteiger partial charge in [0.05, 0.1) is 0 Å². The second kappa shape index (κ2) is 6.44. The standard InChI is InChI=1S/C13H27N/c1-4-11(2)13-10-12(13)8-6-5-7-9-14-3/h11-14H,4-10H2,1-3H3. The van der Waals surface area contributed by atoms with Crippen LogP contribution in [0.4, 0.5) is 0 Å².